The highest BCUT2D eigenvalue weighted by atomic mass is 35.5. The number of hydrogen-bond donors (Lipinski definition) is 2. The Morgan fingerprint density at radius 2 is 1.86 bits per heavy atom. The van der Waals surface area contributed by atoms with Gasteiger partial charge in [0.2, 0.25) is 0 Å². The lowest BCUT2D eigenvalue weighted by Gasteiger charge is -2.41. The molecule has 22 heavy (non-hydrogen) atoms. The van der Waals surface area contributed by atoms with Crippen molar-refractivity contribution < 1.29 is 19.8 Å². The summed E-state index contributed by atoms with van der Waals surface area (Å²) < 4.78 is 0. The average Bonchev–Trinajstić information content (AvgIpc) is 2.49. The van der Waals surface area contributed by atoms with Crippen molar-refractivity contribution in [2.24, 2.45) is 11.3 Å². The SMILES string of the molecule is CC1=CC(N2CCC(C(=O)O)CC2)C(O)C(C)(C)CC1=O.Cl. The number of nitrogens with zero attached hydrogens (tertiary/aromatic N) is 1. The molecule has 6 heteroatoms. The van der Waals surface area contributed by atoms with Gasteiger partial charge >= 0.3 is 5.97 Å². The van der Waals surface area contributed by atoms with Crippen LogP contribution in [0.15, 0.2) is 11.6 Å². The molecule has 1 saturated heterocycles. The van der Waals surface area contributed by atoms with Crippen molar-refractivity contribution in [3.8, 4) is 0 Å². The average molecular weight is 332 g/mol. The molecule has 2 rings (SSSR count). The number of aliphatic hydroxyl groups excluding tert-OH is 1. The fourth-order valence-electron chi connectivity index (χ4n) is 3.31. The number of likely N-dealkylation sites (tertiary alicyclic amines) is 1. The maximum Gasteiger partial charge on any atom is 0.306 e. The van der Waals surface area contributed by atoms with E-state index < -0.39 is 17.5 Å². The van der Waals surface area contributed by atoms with Crippen molar-refractivity contribution in [2.45, 2.75) is 52.2 Å². The first-order chi connectivity index (χ1) is 9.72. The summed E-state index contributed by atoms with van der Waals surface area (Å²) in [4.78, 5) is 25.2. The Bertz CT molecular complexity index is 467. The van der Waals surface area contributed by atoms with Crippen molar-refractivity contribution in [1.82, 2.24) is 4.90 Å². The smallest absolute Gasteiger partial charge is 0.306 e. The van der Waals surface area contributed by atoms with E-state index in [0.29, 0.717) is 37.9 Å². The van der Waals surface area contributed by atoms with Gasteiger partial charge in [-0.15, -0.1) is 12.4 Å². The minimum absolute atomic E-state index is 0. The predicted octanol–water partition coefficient (Wildman–Crippen LogP) is 1.88. The number of carbonyl (C=O) groups is 2. The van der Waals surface area contributed by atoms with Gasteiger partial charge in [0.1, 0.15) is 0 Å². The second kappa shape index (κ2) is 7.11. The van der Waals surface area contributed by atoms with E-state index in [-0.39, 0.29) is 30.2 Å². The predicted molar refractivity (Wildman–Crippen MR) is 86.1 cm³/mol. The van der Waals surface area contributed by atoms with Crippen LogP contribution in [-0.4, -0.2) is 52.1 Å². The number of carboxylic acid groups (broad SMARTS) is 1. The summed E-state index contributed by atoms with van der Waals surface area (Å²) in [6, 6.07) is -0.207. The lowest BCUT2D eigenvalue weighted by Crippen LogP contribution is -2.51. The second-order valence-corrected chi connectivity index (χ2v) is 7.02. The van der Waals surface area contributed by atoms with Crippen LogP contribution >= 0.6 is 12.4 Å². The standard InChI is InChI=1S/C16H25NO4.ClH/c1-10-8-12(14(19)16(2,3)9-13(10)18)17-6-4-11(5-7-17)15(20)21;/h8,11-12,14,19H,4-7,9H2,1-3H3,(H,20,21);1H. The molecule has 0 spiro atoms. The van der Waals surface area contributed by atoms with Gasteiger partial charge in [-0.3, -0.25) is 14.5 Å². The largest absolute Gasteiger partial charge is 0.481 e. The number of ketones is 1. The van der Waals surface area contributed by atoms with Gasteiger partial charge in [0, 0.05) is 6.42 Å². The summed E-state index contributed by atoms with van der Waals surface area (Å²) in [7, 11) is 0. The van der Waals surface area contributed by atoms with Crippen molar-refractivity contribution >= 4 is 24.2 Å². The zero-order valence-corrected chi connectivity index (χ0v) is 14.2. The highest BCUT2D eigenvalue weighted by molar-refractivity contribution is 5.95. The van der Waals surface area contributed by atoms with Crippen LogP contribution in [0.25, 0.3) is 0 Å². The number of halogens is 1. The molecular weight excluding hydrogens is 306 g/mol. The number of aliphatic carboxylic acids is 1. The third-order valence-corrected chi connectivity index (χ3v) is 4.90. The molecule has 0 amide bonds. The van der Waals surface area contributed by atoms with Crippen LogP contribution in [0.4, 0.5) is 0 Å². The van der Waals surface area contributed by atoms with Crippen LogP contribution in [0.3, 0.4) is 0 Å². The first kappa shape index (κ1) is 19.1. The molecule has 0 bridgehead atoms. The Labute approximate surface area is 137 Å². The number of carbonyl (C=O) groups excluding carboxylic acids is 1. The molecule has 2 unspecified atom stereocenters. The number of rotatable bonds is 2. The quantitative estimate of drug-likeness (QED) is 0.807. The normalized spacial score (nSPS) is 30.2. The van der Waals surface area contributed by atoms with Gasteiger partial charge in [-0.1, -0.05) is 19.9 Å². The molecule has 1 aliphatic carbocycles. The Hall–Kier alpha value is -0.910. The van der Waals surface area contributed by atoms with Crippen molar-refractivity contribution in [1.29, 1.82) is 0 Å². The van der Waals surface area contributed by atoms with E-state index in [1.165, 1.54) is 0 Å². The van der Waals surface area contributed by atoms with Crippen LogP contribution in [-0.2, 0) is 9.59 Å². The van der Waals surface area contributed by atoms with E-state index in [4.69, 9.17) is 5.11 Å². The molecule has 0 saturated carbocycles. The van der Waals surface area contributed by atoms with Crippen molar-refractivity contribution in [2.75, 3.05) is 13.1 Å². The number of hydrogen-bond acceptors (Lipinski definition) is 4. The summed E-state index contributed by atoms with van der Waals surface area (Å²) in [6.07, 6.45) is 2.78. The Kier molecular flexibility index (Phi) is 6.18. The molecule has 2 atom stereocenters. The molecule has 1 fully saturated rings. The topological polar surface area (TPSA) is 77.8 Å². The van der Waals surface area contributed by atoms with Crippen LogP contribution in [0.2, 0.25) is 0 Å². The molecule has 1 aliphatic heterocycles. The third kappa shape index (κ3) is 3.89. The molecule has 0 aromatic heterocycles. The van der Waals surface area contributed by atoms with E-state index in [1.54, 1.807) is 6.92 Å². The maximum atomic E-state index is 12.1. The van der Waals surface area contributed by atoms with Gasteiger partial charge in [-0.2, -0.15) is 0 Å². The summed E-state index contributed by atoms with van der Waals surface area (Å²) in [5.41, 5.74) is 0.226. The monoisotopic (exact) mass is 331 g/mol. The molecule has 5 nitrogen and oxygen atoms in total. The maximum absolute atomic E-state index is 12.1. The number of aliphatic hydroxyl groups is 1. The third-order valence-electron chi connectivity index (χ3n) is 4.90. The Balaban J connectivity index is 0.00000242. The molecule has 2 aliphatic rings. The molecule has 2 N–H and O–H groups in total. The summed E-state index contributed by atoms with van der Waals surface area (Å²) in [5, 5.41) is 19.8. The van der Waals surface area contributed by atoms with Crippen molar-refractivity contribution in [3.05, 3.63) is 11.6 Å². The zero-order chi connectivity index (χ0) is 15.8. The van der Waals surface area contributed by atoms with Gasteiger partial charge in [0.05, 0.1) is 18.1 Å². The van der Waals surface area contributed by atoms with E-state index in [2.05, 4.69) is 4.90 Å². The molecule has 1 heterocycles. The van der Waals surface area contributed by atoms with Crippen LogP contribution in [0.1, 0.15) is 40.0 Å². The minimum Gasteiger partial charge on any atom is -0.481 e. The van der Waals surface area contributed by atoms with Crippen LogP contribution in [0.5, 0.6) is 0 Å². The number of allylic oxidation sites excluding steroid dienone is 1. The highest BCUT2D eigenvalue weighted by Crippen LogP contribution is 2.35. The second-order valence-electron chi connectivity index (χ2n) is 7.02. The molecule has 0 aromatic carbocycles. The van der Waals surface area contributed by atoms with Gasteiger partial charge in [0.25, 0.3) is 0 Å². The first-order valence-corrected chi connectivity index (χ1v) is 7.59. The van der Waals surface area contributed by atoms with Gasteiger partial charge < -0.3 is 10.2 Å². The lowest BCUT2D eigenvalue weighted by atomic mass is 9.79. The fourth-order valence-corrected chi connectivity index (χ4v) is 3.31. The number of Topliss-reactive ketones (excluding diaryl/α,β-unsaturated/α-hetero) is 1. The molecule has 0 radical (unpaired) electrons. The van der Waals surface area contributed by atoms with Gasteiger partial charge in [-0.25, -0.2) is 0 Å². The Morgan fingerprint density at radius 3 is 2.36 bits per heavy atom. The first-order valence-electron chi connectivity index (χ1n) is 7.59. The number of piperidine rings is 1. The van der Waals surface area contributed by atoms with E-state index >= 15 is 0 Å². The van der Waals surface area contributed by atoms with Crippen molar-refractivity contribution in [3.63, 3.8) is 0 Å². The van der Waals surface area contributed by atoms with E-state index in [1.807, 2.05) is 19.9 Å². The van der Waals surface area contributed by atoms with E-state index in [0.717, 1.165) is 0 Å². The molecule has 0 aromatic rings. The summed E-state index contributed by atoms with van der Waals surface area (Å²) >= 11 is 0. The summed E-state index contributed by atoms with van der Waals surface area (Å²) in [5.74, 6) is -0.941. The zero-order valence-electron chi connectivity index (χ0n) is 13.4. The van der Waals surface area contributed by atoms with Gasteiger partial charge in [-0.05, 0) is 43.8 Å². The van der Waals surface area contributed by atoms with Crippen LogP contribution < -0.4 is 0 Å². The van der Waals surface area contributed by atoms with Gasteiger partial charge in [0.15, 0.2) is 5.78 Å². The molecular formula is C16H26ClNO4. The Morgan fingerprint density at radius 1 is 1.32 bits per heavy atom. The fraction of sp³-hybridized carbons (Fsp3) is 0.750. The summed E-state index contributed by atoms with van der Waals surface area (Å²) in [6.45, 7) is 6.92. The highest BCUT2D eigenvalue weighted by Gasteiger charge is 2.41. The van der Waals surface area contributed by atoms with E-state index in [9.17, 15) is 14.7 Å². The molecule has 126 valence electrons. The lowest BCUT2D eigenvalue weighted by molar-refractivity contribution is -0.143. The van der Waals surface area contributed by atoms with Crippen LogP contribution in [0, 0.1) is 11.3 Å². The number of carboxylic acids is 1. The minimum atomic E-state index is -0.738.